The molecule has 0 aliphatic carbocycles. The van der Waals surface area contributed by atoms with E-state index in [1.807, 2.05) is 72.8 Å². The maximum absolute atomic E-state index is 10.8. The second-order valence-electron chi connectivity index (χ2n) is 5.43. The van der Waals surface area contributed by atoms with Crippen LogP contribution in [0.25, 0.3) is 0 Å². The molecule has 1 atom stereocenters. The van der Waals surface area contributed by atoms with Crippen LogP contribution in [0, 0.1) is 0 Å². The van der Waals surface area contributed by atoms with Gasteiger partial charge in [-0.3, -0.25) is 0 Å². The van der Waals surface area contributed by atoms with E-state index >= 15 is 0 Å². The first-order chi connectivity index (χ1) is 11.2. The van der Waals surface area contributed by atoms with E-state index in [0.717, 1.165) is 11.3 Å². The molecule has 2 aromatic carbocycles. The quantitative estimate of drug-likeness (QED) is 0.927. The Bertz CT molecular complexity index is 800. The van der Waals surface area contributed by atoms with E-state index < -0.39 is 5.79 Å². The molecular weight excluding hydrogens is 290 g/mol. The smallest absolute Gasteiger partial charge is 0.280 e. The molecule has 23 heavy (non-hydrogen) atoms. The molecule has 114 valence electrons. The molecule has 0 amide bonds. The highest BCUT2D eigenvalue weighted by molar-refractivity contribution is 6.14. The normalized spacial score (nSPS) is 22.7. The molecule has 0 fully saturated rings. The fourth-order valence-electron chi connectivity index (χ4n) is 2.61. The summed E-state index contributed by atoms with van der Waals surface area (Å²) < 4.78 is 0. The summed E-state index contributed by atoms with van der Waals surface area (Å²) in [7, 11) is 0. The van der Waals surface area contributed by atoms with Crippen molar-refractivity contribution in [1.29, 1.82) is 0 Å². The van der Waals surface area contributed by atoms with Crippen molar-refractivity contribution >= 4 is 11.5 Å². The minimum absolute atomic E-state index is 0.177. The molecule has 0 spiro atoms. The fraction of sp³-hybridized carbons (Fsp3) is 0.111. The first-order valence-corrected chi connectivity index (χ1v) is 7.38. The second-order valence-corrected chi connectivity index (χ2v) is 5.43. The molecule has 2 aromatic rings. The standard InChI is InChI=1S/C18H15N3O2/c22-18(15-9-5-2-6-10-15)13-21-17(20-23-18)12-11-16(19-21)14-7-3-1-4-8-14/h1-12,22H,13H2. The van der Waals surface area contributed by atoms with E-state index in [2.05, 4.69) is 10.3 Å². The van der Waals surface area contributed by atoms with Crippen LogP contribution in [-0.4, -0.2) is 28.2 Å². The zero-order valence-electron chi connectivity index (χ0n) is 12.3. The lowest BCUT2D eigenvalue weighted by Gasteiger charge is -2.36. The van der Waals surface area contributed by atoms with Gasteiger partial charge in [-0.05, 0) is 12.2 Å². The summed E-state index contributed by atoms with van der Waals surface area (Å²) in [5, 5.41) is 21.0. The zero-order valence-corrected chi connectivity index (χ0v) is 12.3. The highest BCUT2D eigenvalue weighted by Gasteiger charge is 2.39. The largest absolute Gasteiger partial charge is 0.351 e. The van der Waals surface area contributed by atoms with Crippen LogP contribution in [0.5, 0.6) is 0 Å². The molecule has 5 heteroatoms. The molecule has 2 aliphatic rings. The fourth-order valence-corrected chi connectivity index (χ4v) is 2.61. The van der Waals surface area contributed by atoms with Crippen molar-refractivity contribution in [3.63, 3.8) is 0 Å². The predicted octanol–water partition coefficient (Wildman–Crippen LogP) is 2.45. The molecule has 4 rings (SSSR count). The third-order valence-corrected chi connectivity index (χ3v) is 3.83. The maximum Gasteiger partial charge on any atom is 0.280 e. The van der Waals surface area contributed by atoms with Gasteiger partial charge in [0.15, 0.2) is 5.84 Å². The summed E-state index contributed by atoms with van der Waals surface area (Å²) in [6.07, 6.45) is 3.72. The second kappa shape index (κ2) is 5.37. The number of rotatable bonds is 2. The summed E-state index contributed by atoms with van der Waals surface area (Å²) in [5.41, 5.74) is 2.48. The highest BCUT2D eigenvalue weighted by Crippen LogP contribution is 2.29. The van der Waals surface area contributed by atoms with Crippen LogP contribution in [0.4, 0.5) is 0 Å². The summed E-state index contributed by atoms with van der Waals surface area (Å²) >= 11 is 0. The van der Waals surface area contributed by atoms with Gasteiger partial charge in [-0.25, -0.2) is 5.01 Å². The van der Waals surface area contributed by atoms with Crippen LogP contribution in [0.1, 0.15) is 11.1 Å². The number of allylic oxidation sites excluding steroid dienone is 1. The number of fused-ring (bicyclic) bond motifs is 1. The third-order valence-electron chi connectivity index (χ3n) is 3.83. The Morgan fingerprint density at radius 2 is 1.65 bits per heavy atom. The molecule has 0 saturated carbocycles. The van der Waals surface area contributed by atoms with E-state index in [9.17, 15) is 5.11 Å². The minimum atomic E-state index is -1.51. The Balaban J connectivity index is 1.67. The first kappa shape index (κ1) is 13.7. The molecule has 2 heterocycles. The Labute approximate surface area is 133 Å². The van der Waals surface area contributed by atoms with Gasteiger partial charge in [0.05, 0.1) is 5.71 Å². The van der Waals surface area contributed by atoms with Gasteiger partial charge >= 0.3 is 0 Å². The molecule has 0 saturated heterocycles. The van der Waals surface area contributed by atoms with Crippen molar-refractivity contribution < 1.29 is 9.94 Å². The average Bonchev–Trinajstić information content (AvgIpc) is 2.62. The van der Waals surface area contributed by atoms with Gasteiger partial charge in [-0.1, -0.05) is 65.8 Å². The van der Waals surface area contributed by atoms with E-state index in [1.54, 1.807) is 5.01 Å². The monoisotopic (exact) mass is 305 g/mol. The summed E-state index contributed by atoms with van der Waals surface area (Å²) in [6, 6.07) is 19.1. The van der Waals surface area contributed by atoms with Crippen molar-refractivity contribution in [2.24, 2.45) is 10.3 Å². The Kier molecular flexibility index (Phi) is 3.20. The van der Waals surface area contributed by atoms with E-state index in [1.165, 1.54) is 0 Å². The molecule has 1 unspecified atom stereocenters. The van der Waals surface area contributed by atoms with Gasteiger partial charge in [0.25, 0.3) is 5.79 Å². The molecule has 2 aliphatic heterocycles. The first-order valence-electron chi connectivity index (χ1n) is 7.38. The van der Waals surface area contributed by atoms with Crippen LogP contribution in [0.15, 0.2) is 83.1 Å². The van der Waals surface area contributed by atoms with Crippen LogP contribution < -0.4 is 0 Å². The Morgan fingerprint density at radius 1 is 0.957 bits per heavy atom. The minimum Gasteiger partial charge on any atom is -0.351 e. The van der Waals surface area contributed by atoms with E-state index in [0.29, 0.717) is 11.4 Å². The van der Waals surface area contributed by atoms with Crippen molar-refractivity contribution in [1.82, 2.24) is 5.01 Å². The van der Waals surface area contributed by atoms with Crippen molar-refractivity contribution in [3.8, 4) is 0 Å². The van der Waals surface area contributed by atoms with Crippen molar-refractivity contribution in [3.05, 3.63) is 83.9 Å². The lowest BCUT2D eigenvalue weighted by Crippen LogP contribution is -2.47. The lowest BCUT2D eigenvalue weighted by molar-refractivity contribution is -0.228. The topological polar surface area (TPSA) is 57.4 Å². The number of aliphatic hydroxyl groups is 1. The Morgan fingerprint density at radius 3 is 2.39 bits per heavy atom. The molecule has 0 aromatic heterocycles. The summed E-state index contributed by atoms with van der Waals surface area (Å²) in [4.78, 5) is 5.34. The number of amidine groups is 1. The van der Waals surface area contributed by atoms with Crippen LogP contribution in [0.2, 0.25) is 0 Å². The van der Waals surface area contributed by atoms with Gasteiger partial charge in [-0.2, -0.15) is 5.10 Å². The lowest BCUT2D eigenvalue weighted by atomic mass is 10.0. The highest BCUT2D eigenvalue weighted by atomic mass is 16.7. The van der Waals surface area contributed by atoms with Gasteiger partial charge in [0.2, 0.25) is 0 Å². The number of benzene rings is 2. The molecule has 1 N–H and O–H groups in total. The van der Waals surface area contributed by atoms with Crippen LogP contribution >= 0.6 is 0 Å². The van der Waals surface area contributed by atoms with Gasteiger partial charge < -0.3 is 9.94 Å². The van der Waals surface area contributed by atoms with Gasteiger partial charge in [-0.15, -0.1) is 0 Å². The average molecular weight is 305 g/mol. The summed E-state index contributed by atoms with van der Waals surface area (Å²) in [5.74, 6) is -0.938. The molecule has 5 nitrogen and oxygen atoms in total. The van der Waals surface area contributed by atoms with Crippen molar-refractivity contribution in [2.75, 3.05) is 6.54 Å². The molecule has 0 radical (unpaired) electrons. The van der Waals surface area contributed by atoms with Gasteiger partial charge in [0, 0.05) is 11.1 Å². The number of hydrogen-bond donors (Lipinski definition) is 1. The zero-order chi connectivity index (χ0) is 15.7. The predicted molar refractivity (Wildman–Crippen MR) is 87.7 cm³/mol. The maximum atomic E-state index is 10.8. The molecular formula is C18H15N3O2. The van der Waals surface area contributed by atoms with Gasteiger partial charge in [0.1, 0.15) is 6.54 Å². The van der Waals surface area contributed by atoms with Crippen molar-refractivity contribution in [2.45, 2.75) is 5.79 Å². The third kappa shape index (κ3) is 2.51. The molecule has 0 bridgehead atoms. The van der Waals surface area contributed by atoms with Crippen LogP contribution in [-0.2, 0) is 10.6 Å². The number of oxime groups is 1. The van der Waals surface area contributed by atoms with E-state index in [-0.39, 0.29) is 6.54 Å². The van der Waals surface area contributed by atoms with Crippen LogP contribution in [0.3, 0.4) is 0 Å². The SMILES string of the molecule is OC1(c2ccccc2)CN2N=C(c3ccccc3)C=CC2=NO1. The number of nitrogens with zero attached hydrogens (tertiary/aromatic N) is 3. The summed E-state index contributed by atoms with van der Waals surface area (Å²) in [6.45, 7) is 0.177. The Hall–Kier alpha value is -2.92. The number of hydrazone groups is 1. The van der Waals surface area contributed by atoms with E-state index in [4.69, 9.17) is 4.84 Å². The number of hydrogen-bond acceptors (Lipinski definition) is 5.